The van der Waals surface area contributed by atoms with E-state index >= 15 is 0 Å². The van der Waals surface area contributed by atoms with Gasteiger partial charge in [0.05, 0.1) is 5.75 Å². The lowest BCUT2D eigenvalue weighted by Gasteiger charge is -2.24. The highest BCUT2D eigenvalue weighted by Crippen LogP contribution is 2.33. The fraction of sp³-hybridized carbons (Fsp3) is 0.545. The van der Waals surface area contributed by atoms with Crippen LogP contribution in [0.5, 0.6) is 0 Å². The van der Waals surface area contributed by atoms with E-state index in [4.69, 9.17) is 4.18 Å². The summed E-state index contributed by atoms with van der Waals surface area (Å²) in [5.41, 5.74) is 1.58. The number of rotatable bonds is 3. The Hall–Kier alpha value is -1.14. The van der Waals surface area contributed by atoms with Crippen LogP contribution in [-0.4, -0.2) is 33.0 Å². The molecule has 0 aromatic rings. The molecule has 1 saturated heterocycles. The molecule has 1 unspecified atom stereocenters. The molecule has 0 spiro atoms. The highest BCUT2D eigenvalue weighted by atomic mass is 32.2. The maximum atomic E-state index is 11.7. The van der Waals surface area contributed by atoms with Crippen molar-refractivity contribution in [2.45, 2.75) is 13.8 Å². The molecule has 17 heavy (non-hydrogen) atoms. The van der Waals surface area contributed by atoms with Gasteiger partial charge in [0.15, 0.2) is 5.76 Å². The van der Waals surface area contributed by atoms with Gasteiger partial charge in [0, 0.05) is 18.7 Å². The molecule has 1 aliphatic carbocycles. The molecule has 0 aromatic heterocycles. The van der Waals surface area contributed by atoms with Crippen molar-refractivity contribution in [3.05, 3.63) is 23.0 Å². The van der Waals surface area contributed by atoms with Crippen molar-refractivity contribution in [3.8, 4) is 0 Å². The van der Waals surface area contributed by atoms with E-state index in [1.165, 1.54) is 13.0 Å². The summed E-state index contributed by atoms with van der Waals surface area (Å²) in [4.78, 5) is 11.7. The maximum Gasteiger partial charge on any atom is 0.309 e. The third kappa shape index (κ3) is 2.28. The number of hydrogen-bond donors (Lipinski definition) is 1. The maximum absolute atomic E-state index is 11.7. The van der Waals surface area contributed by atoms with Crippen LogP contribution < -0.4 is 5.32 Å². The Bertz CT molecular complexity index is 516. The standard InChI is InChI=1S/C11H15NO4S/c1-3-17(14,15)16-11-9(13)4-8-6-12-5-7(2)10(8)11/h4,7,12H,3,5-6H2,1-2H3. The molecule has 2 aliphatic rings. The van der Waals surface area contributed by atoms with Crippen molar-refractivity contribution < 1.29 is 17.4 Å². The van der Waals surface area contributed by atoms with E-state index < -0.39 is 10.1 Å². The zero-order valence-electron chi connectivity index (χ0n) is 9.82. The molecule has 0 saturated carbocycles. The van der Waals surface area contributed by atoms with Gasteiger partial charge in [-0.2, -0.15) is 8.42 Å². The first kappa shape index (κ1) is 12.3. The van der Waals surface area contributed by atoms with Gasteiger partial charge in [-0.3, -0.25) is 4.79 Å². The van der Waals surface area contributed by atoms with Gasteiger partial charge in [-0.25, -0.2) is 0 Å². The van der Waals surface area contributed by atoms with Gasteiger partial charge in [-0.1, -0.05) is 6.92 Å². The molecule has 1 atom stereocenters. The molecule has 1 heterocycles. The van der Waals surface area contributed by atoms with E-state index in [-0.39, 0.29) is 23.2 Å². The largest absolute Gasteiger partial charge is 0.378 e. The molecule has 5 nitrogen and oxygen atoms in total. The molecular weight excluding hydrogens is 242 g/mol. The fourth-order valence-electron chi connectivity index (χ4n) is 2.06. The van der Waals surface area contributed by atoms with Crippen LogP contribution in [0.3, 0.4) is 0 Å². The lowest BCUT2D eigenvalue weighted by molar-refractivity contribution is -0.113. The Kier molecular flexibility index (Phi) is 3.09. The van der Waals surface area contributed by atoms with Gasteiger partial charge >= 0.3 is 10.1 Å². The van der Waals surface area contributed by atoms with E-state index in [2.05, 4.69) is 5.32 Å². The van der Waals surface area contributed by atoms with Gasteiger partial charge < -0.3 is 9.50 Å². The van der Waals surface area contributed by atoms with E-state index in [1.807, 2.05) is 6.92 Å². The van der Waals surface area contributed by atoms with Gasteiger partial charge in [0.1, 0.15) is 0 Å². The molecule has 1 N–H and O–H groups in total. The minimum atomic E-state index is -3.64. The lowest BCUT2D eigenvalue weighted by atomic mass is 9.92. The van der Waals surface area contributed by atoms with Crippen LogP contribution in [0.4, 0.5) is 0 Å². The van der Waals surface area contributed by atoms with Crippen molar-refractivity contribution in [2.75, 3.05) is 18.8 Å². The number of piperidine rings is 1. The monoisotopic (exact) mass is 257 g/mol. The number of carbonyl (C=O) groups is 1. The van der Waals surface area contributed by atoms with Crippen molar-refractivity contribution in [1.29, 1.82) is 0 Å². The summed E-state index contributed by atoms with van der Waals surface area (Å²) >= 11 is 0. The Morgan fingerprint density at radius 2 is 2.24 bits per heavy atom. The van der Waals surface area contributed by atoms with Crippen LogP contribution in [0.1, 0.15) is 13.8 Å². The quantitative estimate of drug-likeness (QED) is 0.739. The van der Waals surface area contributed by atoms with E-state index in [0.717, 1.165) is 17.7 Å². The average molecular weight is 257 g/mol. The van der Waals surface area contributed by atoms with Crippen molar-refractivity contribution in [3.63, 3.8) is 0 Å². The SMILES string of the molecule is CCS(=O)(=O)OC1=C2C(=CC1=O)CNCC2C. The molecule has 0 amide bonds. The Labute approximate surface area is 101 Å². The van der Waals surface area contributed by atoms with Gasteiger partial charge in [-0.05, 0) is 24.5 Å². The number of nitrogens with one attached hydrogen (secondary N) is 1. The minimum Gasteiger partial charge on any atom is -0.378 e. The number of hydrogen-bond acceptors (Lipinski definition) is 5. The van der Waals surface area contributed by atoms with Crippen LogP contribution in [0, 0.1) is 5.92 Å². The first-order valence-corrected chi connectivity index (χ1v) is 7.14. The van der Waals surface area contributed by atoms with Crippen LogP contribution in [-0.2, 0) is 19.1 Å². The highest BCUT2D eigenvalue weighted by molar-refractivity contribution is 7.86. The lowest BCUT2D eigenvalue weighted by Crippen LogP contribution is -2.32. The van der Waals surface area contributed by atoms with E-state index in [9.17, 15) is 13.2 Å². The zero-order chi connectivity index (χ0) is 12.6. The first-order valence-electron chi connectivity index (χ1n) is 5.57. The van der Waals surface area contributed by atoms with Crippen LogP contribution in [0.2, 0.25) is 0 Å². The van der Waals surface area contributed by atoms with Crippen molar-refractivity contribution >= 4 is 15.9 Å². The van der Waals surface area contributed by atoms with Crippen LogP contribution >= 0.6 is 0 Å². The minimum absolute atomic E-state index is 0.00384. The summed E-state index contributed by atoms with van der Waals surface area (Å²) in [6.07, 6.45) is 1.46. The molecule has 1 aliphatic heterocycles. The molecule has 0 bridgehead atoms. The topological polar surface area (TPSA) is 72.5 Å². The predicted molar refractivity (Wildman–Crippen MR) is 62.7 cm³/mol. The molecule has 2 rings (SSSR count). The summed E-state index contributed by atoms with van der Waals surface area (Å²) < 4.78 is 27.8. The second-order valence-corrected chi connectivity index (χ2v) is 6.10. The predicted octanol–water partition coefficient (Wildman–Crippen LogP) is 0.355. The number of allylic oxidation sites excluding steroid dienone is 1. The average Bonchev–Trinajstić information content (AvgIpc) is 2.56. The van der Waals surface area contributed by atoms with E-state index in [0.29, 0.717) is 6.54 Å². The normalized spacial score (nSPS) is 24.7. The number of carbonyl (C=O) groups excluding carboxylic acids is 1. The Balaban J connectivity index is 2.38. The van der Waals surface area contributed by atoms with Gasteiger partial charge in [0.25, 0.3) is 0 Å². The number of fused-ring (bicyclic) bond motifs is 1. The fourth-order valence-corrected chi connectivity index (χ4v) is 2.61. The molecule has 1 fully saturated rings. The second kappa shape index (κ2) is 4.27. The molecule has 6 heteroatoms. The molecule has 0 aromatic carbocycles. The summed E-state index contributed by atoms with van der Waals surface area (Å²) in [6.45, 7) is 4.74. The third-order valence-electron chi connectivity index (χ3n) is 2.94. The summed E-state index contributed by atoms with van der Waals surface area (Å²) in [5, 5.41) is 3.16. The Morgan fingerprint density at radius 1 is 1.53 bits per heavy atom. The van der Waals surface area contributed by atoms with Gasteiger partial charge in [-0.15, -0.1) is 0 Å². The molecule has 94 valence electrons. The highest BCUT2D eigenvalue weighted by Gasteiger charge is 2.34. The summed E-state index contributed by atoms with van der Waals surface area (Å²) in [5.74, 6) is -0.402. The van der Waals surface area contributed by atoms with E-state index in [1.54, 1.807) is 0 Å². The second-order valence-electron chi connectivity index (χ2n) is 4.24. The zero-order valence-corrected chi connectivity index (χ0v) is 10.6. The van der Waals surface area contributed by atoms with Crippen molar-refractivity contribution in [2.24, 2.45) is 5.92 Å². The Morgan fingerprint density at radius 3 is 2.88 bits per heavy atom. The molecule has 0 radical (unpaired) electrons. The van der Waals surface area contributed by atoms with Crippen molar-refractivity contribution in [1.82, 2.24) is 5.32 Å². The number of ketones is 1. The first-order chi connectivity index (χ1) is 7.94. The summed E-state index contributed by atoms with van der Waals surface area (Å²) in [7, 11) is -3.64. The third-order valence-corrected chi connectivity index (χ3v) is 4.07. The van der Waals surface area contributed by atoms with Crippen LogP contribution in [0.15, 0.2) is 23.0 Å². The smallest absolute Gasteiger partial charge is 0.309 e. The molecular formula is C11H15NO4S. The van der Waals surface area contributed by atoms with Crippen LogP contribution in [0.25, 0.3) is 0 Å². The summed E-state index contributed by atoms with van der Waals surface area (Å²) in [6, 6.07) is 0. The van der Waals surface area contributed by atoms with Gasteiger partial charge in [0.2, 0.25) is 5.78 Å².